The van der Waals surface area contributed by atoms with Gasteiger partial charge in [-0.05, 0) is 24.6 Å². The molecule has 0 aliphatic heterocycles. The van der Waals surface area contributed by atoms with E-state index in [0.717, 1.165) is 65.0 Å². The second-order valence-corrected chi connectivity index (χ2v) is 22.7. The third-order valence-corrected chi connectivity index (χ3v) is 14.9. The molecule has 0 atom stereocenters. The maximum absolute atomic E-state index is 6.98. The standard InChI is InChI=1S/C61H53N5O.Pt/c1-37-24-25-62-57(26-37)65-54-33-43(22-23-46(54)49-34-50-48-18-15-17-47-45-16-11-12-19-51(45)66(58(47)48)56(50)35-55(49)65)67-44-31-40(61(8,9)10)30-42(32-44)64-36-63(52-20-13-14-21-53(52)64)41-28-38(59(2,3)4)27-39(29-41)60(5,6)7;/h11-31,34-35H,1-10H3;/q-2;. The van der Waals surface area contributed by atoms with Crippen molar-refractivity contribution in [1.82, 2.24) is 23.1 Å². The zero-order chi connectivity index (χ0) is 47.2. The predicted molar refractivity (Wildman–Crippen MR) is 278 cm³/mol. The summed E-state index contributed by atoms with van der Waals surface area (Å²) < 4.78 is 17.4. The maximum atomic E-state index is 6.98. The topological polar surface area (TPSA) is 41.3 Å². The third kappa shape index (κ3) is 6.62. The van der Waals surface area contributed by atoms with E-state index in [2.05, 4.69) is 246 Å². The summed E-state index contributed by atoms with van der Waals surface area (Å²) in [6, 6.07) is 56.3. The van der Waals surface area contributed by atoms with Crippen molar-refractivity contribution in [2.24, 2.45) is 0 Å². The molecule has 0 aliphatic rings. The van der Waals surface area contributed by atoms with E-state index in [0.29, 0.717) is 11.5 Å². The zero-order valence-electron chi connectivity index (χ0n) is 40.2. The van der Waals surface area contributed by atoms with Crippen LogP contribution in [0.4, 0.5) is 0 Å². The van der Waals surface area contributed by atoms with Crippen LogP contribution in [0.15, 0.2) is 140 Å². The van der Waals surface area contributed by atoms with E-state index in [-0.39, 0.29) is 16.2 Å². The molecule has 0 saturated heterocycles. The van der Waals surface area contributed by atoms with Gasteiger partial charge in [-0.1, -0.05) is 36.4 Å². The number of imidazole rings is 1. The van der Waals surface area contributed by atoms with Gasteiger partial charge in [-0.25, -0.2) is 0 Å². The van der Waals surface area contributed by atoms with E-state index < -0.39 is 0 Å². The zero-order valence-corrected chi connectivity index (χ0v) is 42.5. The Kier molecular flexibility index (Phi) is 9.32. The van der Waals surface area contributed by atoms with Crippen molar-refractivity contribution < 1.29 is 24.1 Å². The van der Waals surface area contributed by atoms with Crippen molar-refractivity contribution in [3.63, 3.8) is 0 Å². The van der Waals surface area contributed by atoms with E-state index in [1.54, 1.807) is 0 Å². The Morgan fingerprint density at radius 2 is 1.10 bits per heavy atom. The van der Waals surface area contributed by atoms with E-state index in [9.17, 15) is 0 Å². The van der Waals surface area contributed by atoms with E-state index in [1.165, 1.54) is 49.2 Å². The number of hydrogen-bond donors (Lipinski definition) is 0. The van der Waals surface area contributed by atoms with E-state index in [1.807, 2.05) is 12.3 Å². The number of benzene rings is 7. The molecule has 0 aliphatic carbocycles. The first-order chi connectivity index (χ1) is 32.4. The SMILES string of the molecule is Cc1ccnc(-n2c3[c-]c(Oc4[c-]c(-n5[c](=[Pt])n(-c6cc(C(C)(C)C)cc(C(C)(C)C)c6)c6ccccc65)cc(C(C)(C)C)c4)ccc3c3cc4c5cccc6c7ccccc7n(c4cc32)c65)c1. The van der Waals surface area contributed by atoms with Crippen molar-refractivity contribution in [1.29, 1.82) is 0 Å². The van der Waals surface area contributed by atoms with Gasteiger partial charge in [0.25, 0.3) is 0 Å². The van der Waals surface area contributed by atoms with E-state index >= 15 is 0 Å². The number of pyridine rings is 1. The molecule has 0 spiro atoms. The summed E-state index contributed by atoms with van der Waals surface area (Å²) in [5, 5.41) is 7.25. The van der Waals surface area contributed by atoms with Gasteiger partial charge in [-0.2, -0.15) is 0 Å². The molecule has 0 N–H and O–H groups in total. The number of aryl methyl sites for hydroxylation is 1. The molecule has 0 fully saturated rings. The molecular weight excluding hydrogens is 1010 g/mol. The smallest absolute Gasteiger partial charge is 0.0620 e. The number of para-hydroxylation sites is 4. The summed E-state index contributed by atoms with van der Waals surface area (Å²) in [5.41, 5.74) is 14.6. The van der Waals surface area contributed by atoms with E-state index in [4.69, 9.17) is 9.72 Å². The minimum atomic E-state index is -0.179. The van der Waals surface area contributed by atoms with Crippen molar-refractivity contribution in [3.05, 3.63) is 178 Å². The van der Waals surface area contributed by atoms with Crippen LogP contribution in [0, 0.1) is 22.9 Å². The van der Waals surface area contributed by atoms with Crippen LogP contribution in [-0.2, 0) is 35.6 Å². The molecular formula is C61H53N5OPt-2. The monoisotopic (exact) mass is 1070 g/mol. The van der Waals surface area contributed by atoms with Gasteiger partial charge in [-0.3, -0.25) is 0 Å². The van der Waals surface area contributed by atoms with Gasteiger partial charge in [0.15, 0.2) is 0 Å². The molecule has 0 saturated carbocycles. The molecule has 0 radical (unpaired) electrons. The molecule has 340 valence electrons. The van der Waals surface area contributed by atoms with Crippen molar-refractivity contribution >= 4 is 70.9 Å². The van der Waals surface area contributed by atoms with Gasteiger partial charge in [0.1, 0.15) is 0 Å². The summed E-state index contributed by atoms with van der Waals surface area (Å²) in [6.07, 6.45) is 1.89. The molecule has 7 aromatic carbocycles. The Labute approximate surface area is 407 Å². The van der Waals surface area contributed by atoms with Crippen LogP contribution >= 0.6 is 0 Å². The minimum absolute atomic E-state index is 0.0239. The fourth-order valence-corrected chi connectivity index (χ4v) is 11.3. The van der Waals surface area contributed by atoms with Crippen LogP contribution < -0.4 is 4.74 Å². The second kappa shape index (κ2) is 14.9. The fourth-order valence-electron chi connectivity index (χ4n) is 10.2. The third-order valence-electron chi connectivity index (χ3n) is 13.9. The van der Waals surface area contributed by atoms with Crippen LogP contribution in [0.2, 0.25) is 0 Å². The fraction of sp³-hybridized carbons (Fsp3) is 0.213. The van der Waals surface area contributed by atoms with Gasteiger partial charge in [0.2, 0.25) is 0 Å². The van der Waals surface area contributed by atoms with Crippen molar-refractivity contribution in [3.8, 4) is 28.7 Å². The van der Waals surface area contributed by atoms with Gasteiger partial charge in [0.05, 0.1) is 16.6 Å². The first-order valence-electron chi connectivity index (χ1n) is 23.5. The molecule has 5 heterocycles. The number of hydrogen-bond acceptors (Lipinski definition) is 2. The summed E-state index contributed by atoms with van der Waals surface area (Å²) in [7, 11) is 0. The van der Waals surface area contributed by atoms with Crippen LogP contribution in [0.3, 0.4) is 0 Å². The number of rotatable bonds is 5. The van der Waals surface area contributed by atoms with Crippen molar-refractivity contribution in [2.45, 2.75) is 85.5 Å². The van der Waals surface area contributed by atoms with Crippen molar-refractivity contribution in [2.75, 3.05) is 0 Å². The summed E-state index contributed by atoms with van der Waals surface area (Å²) in [6.45, 7) is 22.7. The van der Waals surface area contributed by atoms with Crippen LogP contribution in [0.25, 0.3) is 88.1 Å². The van der Waals surface area contributed by atoms with Crippen LogP contribution in [-0.4, -0.2) is 23.1 Å². The molecule has 68 heavy (non-hydrogen) atoms. The molecule has 0 amide bonds. The predicted octanol–water partition coefficient (Wildman–Crippen LogP) is 15.7. The Morgan fingerprint density at radius 3 is 1.79 bits per heavy atom. The normalized spacial score (nSPS) is 12.9. The van der Waals surface area contributed by atoms with Gasteiger partial charge >= 0.3 is 300 Å². The molecule has 12 aromatic rings. The van der Waals surface area contributed by atoms with Crippen LogP contribution in [0.5, 0.6) is 11.5 Å². The number of aromatic nitrogens is 5. The molecule has 6 nitrogen and oxygen atoms in total. The minimum Gasteiger partial charge on any atom is 0.0620 e. The quantitative estimate of drug-likeness (QED) is 0.161. The Balaban J connectivity index is 1.05. The average molecular weight is 1070 g/mol. The average Bonchev–Trinajstić information content (AvgIpc) is 4.00. The first kappa shape index (κ1) is 42.6. The first-order valence-corrected chi connectivity index (χ1v) is 24.7. The van der Waals surface area contributed by atoms with Gasteiger partial charge in [0, 0.05) is 27.7 Å². The van der Waals surface area contributed by atoms with Crippen LogP contribution in [0.1, 0.15) is 84.6 Å². The number of nitrogens with zero attached hydrogens (tertiary/aromatic N) is 5. The Hall–Kier alpha value is -6.75. The molecule has 0 unspecified atom stereocenters. The Morgan fingerprint density at radius 1 is 0.485 bits per heavy atom. The molecule has 5 aromatic heterocycles. The summed E-state index contributed by atoms with van der Waals surface area (Å²) in [5.74, 6) is 2.07. The van der Waals surface area contributed by atoms with Gasteiger partial charge < -0.3 is 4.40 Å². The number of ether oxygens (including phenoxy) is 1. The summed E-state index contributed by atoms with van der Waals surface area (Å²) >= 11 is 2.50. The molecule has 0 bridgehead atoms. The molecule has 7 heteroatoms. The number of fused-ring (bicyclic) bond motifs is 10. The molecule has 12 rings (SSSR count). The van der Waals surface area contributed by atoms with Gasteiger partial charge in [-0.15, -0.1) is 0 Å². The Bertz CT molecular complexity index is 4070. The second-order valence-electron chi connectivity index (χ2n) is 21.7. The summed E-state index contributed by atoms with van der Waals surface area (Å²) in [4.78, 5) is 4.97.